The zero-order valence-electron chi connectivity index (χ0n) is 11.8. The quantitative estimate of drug-likeness (QED) is 0.739. The number of rotatable bonds is 4. The van der Waals surface area contributed by atoms with E-state index in [1.54, 1.807) is 19.4 Å². The topological polar surface area (TPSA) is 59.9 Å². The van der Waals surface area contributed by atoms with Crippen LogP contribution in [-0.4, -0.2) is 22.1 Å². The second-order valence-electron chi connectivity index (χ2n) is 4.47. The maximum absolute atomic E-state index is 6.08. The third kappa shape index (κ3) is 3.32. The zero-order chi connectivity index (χ0) is 15.4. The van der Waals surface area contributed by atoms with E-state index in [0.717, 1.165) is 11.4 Å². The van der Waals surface area contributed by atoms with Crippen LogP contribution in [0.25, 0.3) is 11.5 Å². The molecule has 0 saturated heterocycles. The van der Waals surface area contributed by atoms with Crippen LogP contribution in [0.1, 0.15) is 0 Å². The van der Waals surface area contributed by atoms with Crippen molar-refractivity contribution in [1.29, 1.82) is 0 Å². The second kappa shape index (κ2) is 6.41. The van der Waals surface area contributed by atoms with Crippen molar-refractivity contribution in [3.05, 3.63) is 59.9 Å². The highest BCUT2D eigenvalue weighted by Crippen LogP contribution is 2.23. The lowest BCUT2D eigenvalue weighted by Gasteiger charge is -2.09. The summed E-state index contributed by atoms with van der Waals surface area (Å²) in [4.78, 5) is 12.9. The van der Waals surface area contributed by atoms with E-state index in [9.17, 15) is 0 Å². The number of nitrogens with one attached hydrogen (secondary N) is 1. The molecule has 2 heterocycles. The van der Waals surface area contributed by atoms with Crippen LogP contribution in [0.2, 0.25) is 5.15 Å². The first-order chi connectivity index (χ1) is 10.7. The summed E-state index contributed by atoms with van der Waals surface area (Å²) in [5.41, 5.74) is 1.51. The van der Waals surface area contributed by atoms with Crippen molar-refractivity contribution < 1.29 is 4.74 Å². The molecule has 5 nitrogen and oxygen atoms in total. The SMILES string of the molecule is COc1cccc(Nc2cc(Cl)nc(-c3ccccn3)n2)c1. The summed E-state index contributed by atoms with van der Waals surface area (Å²) in [5.74, 6) is 1.82. The molecule has 0 saturated carbocycles. The minimum atomic E-state index is 0.348. The van der Waals surface area contributed by atoms with Crippen LogP contribution in [0.3, 0.4) is 0 Å². The number of ether oxygens (including phenoxy) is 1. The van der Waals surface area contributed by atoms with Gasteiger partial charge in [-0.3, -0.25) is 4.98 Å². The van der Waals surface area contributed by atoms with Crippen LogP contribution in [0.4, 0.5) is 11.5 Å². The van der Waals surface area contributed by atoms with Gasteiger partial charge in [0.15, 0.2) is 5.82 Å². The Kier molecular flexibility index (Phi) is 4.16. The average molecular weight is 313 g/mol. The molecule has 0 aliphatic rings. The van der Waals surface area contributed by atoms with Gasteiger partial charge in [0.05, 0.1) is 7.11 Å². The fraction of sp³-hybridized carbons (Fsp3) is 0.0625. The number of anilines is 2. The molecule has 0 spiro atoms. The molecule has 0 aliphatic heterocycles. The molecule has 0 amide bonds. The normalized spacial score (nSPS) is 10.3. The van der Waals surface area contributed by atoms with E-state index in [-0.39, 0.29) is 0 Å². The summed E-state index contributed by atoms with van der Waals surface area (Å²) in [6.45, 7) is 0. The summed E-state index contributed by atoms with van der Waals surface area (Å²) >= 11 is 6.08. The molecule has 0 aliphatic carbocycles. The van der Waals surface area contributed by atoms with Crippen molar-refractivity contribution in [2.45, 2.75) is 0 Å². The fourth-order valence-corrected chi connectivity index (χ4v) is 2.12. The first-order valence-corrected chi connectivity index (χ1v) is 6.99. The summed E-state index contributed by atoms with van der Waals surface area (Å²) in [6.07, 6.45) is 1.69. The van der Waals surface area contributed by atoms with Crippen LogP contribution in [0.5, 0.6) is 5.75 Å². The smallest absolute Gasteiger partial charge is 0.181 e. The Balaban J connectivity index is 1.92. The molecule has 0 fully saturated rings. The third-order valence-corrected chi connectivity index (χ3v) is 3.12. The van der Waals surface area contributed by atoms with Gasteiger partial charge in [0.25, 0.3) is 0 Å². The highest BCUT2D eigenvalue weighted by molar-refractivity contribution is 6.29. The molecular formula is C16H13ClN4O. The zero-order valence-corrected chi connectivity index (χ0v) is 12.6. The molecule has 2 aromatic heterocycles. The van der Waals surface area contributed by atoms with E-state index in [1.807, 2.05) is 42.5 Å². The fourth-order valence-electron chi connectivity index (χ4n) is 1.94. The number of nitrogens with zero attached hydrogens (tertiary/aromatic N) is 3. The number of hydrogen-bond acceptors (Lipinski definition) is 5. The van der Waals surface area contributed by atoms with E-state index in [0.29, 0.717) is 22.5 Å². The van der Waals surface area contributed by atoms with Crippen molar-refractivity contribution in [2.75, 3.05) is 12.4 Å². The molecule has 22 heavy (non-hydrogen) atoms. The van der Waals surface area contributed by atoms with Gasteiger partial charge < -0.3 is 10.1 Å². The lowest BCUT2D eigenvalue weighted by molar-refractivity contribution is 0.415. The van der Waals surface area contributed by atoms with Gasteiger partial charge in [-0.05, 0) is 24.3 Å². The van der Waals surface area contributed by atoms with Crippen LogP contribution < -0.4 is 10.1 Å². The molecule has 0 atom stereocenters. The summed E-state index contributed by atoms with van der Waals surface area (Å²) in [6, 6.07) is 14.8. The summed E-state index contributed by atoms with van der Waals surface area (Å²) < 4.78 is 5.20. The second-order valence-corrected chi connectivity index (χ2v) is 4.86. The Bertz CT molecular complexity index is 780. The standard InChI is InChI=1S/C16H13ClN4O/c1-22-12-6-4-5-11(9-12)19-15-10-14(17)20-16(21-15)13-7-2-3-8-18-13/h2-10H,1H3,(H,19,20,21). The molecule has 1 aromatic carbocycles. The Morgan fingerprint density at radius 1 is 1.05 bits per heavy atom. The van der Waals surface area contributed by atoms with Crippen molar-refractivity contribution in [3.8, 4) is 17.3 Å². The van der Waals surface area contributed by atoms with Gasteiger partial charge in [0.1, 0.15) is 22.4 Å². The van der Waals surface area contributed by atoms with Crippen molar-refractivity contribution in [1.82, 2.24) is 15.0 Å². The molecule has 6 heteroatoms. The Hall–Kier alpha value is -2.66. The van der Waals surface area contributed by atoms with Crippen LogP contribution in [0.15, 0.2) is 54.7 Å². The Labute approximate surface area is 133 Å². The van der Waals surface area contributed by atoms with Gasteiger partial charge in [-0.15, -0.1) is 0 Å². The van der Waals surface area contributed by atoms with E-state index >= 15 is 0 Å². The van der Waals surface area contributed by atoms with Gasteiger partial charge in [0.2, 0.25) is 0 Å². The van der Waals surface area contributed by atoms with Crippen LogP contribution in [-0.2, 0) is 0 Å². The minimum absolute atomic E-state index is 0.348. The first kappa shape index (κ1) is 14.3. The van der Waals surface area contributed by atoms with Gasteiger partial charge >= 0.3 is 0 Å². The molecule has 0 unspecified atom stereocenters. The van der Waals surface area contributed by atoms with Gasteiger partial charge in [0, 0.05) is 24.0 Å². The van der Waals surface area contributed by atoms with Crippen molar-refractivity contribution >= 4 is 23.1 Å². The number of hydrogen-bond donors (Lipinski definition) is 1. The number of halogens is 1. The maximum atomic E-state index is 6.08. The van der Waals surface area contributed by atoms with E-state index < -0.39 is 0 Å². The average Bonchev–Trinajstić information content (AvgIpc) is 2.55. The molecule has 3 aromatic rings. The van der Waals surface area contributed by atoms with Crippen molar-refractivity contribution in [3.63, 3.8) is 0 Å². The monoisotopic (exact) mass is 312 g/mol. The molecule has 1 N–H and O–H groups in total. The van der Waals surface area contributed by atoms with Crippen molar-refractivity contribution in [2.24, 2.45) is 0 Å². The third-order valence-electron chi connectivity index (χ3n) is 2.93. The Morgan fingerprint density at radius 3 is 2.73 bits per heavy atom. The number of methoxy groups -OCH3 is 1. The van der Waals surface area contributed by atoms with Crippen LogP contribution >= 0.6 is 11.6 Å². The summed E-state index contributed by atoms with van der Waals surface area (Å²) in [5, 5.41) is 3.53. The van der Waals surface area contributed by atoms with E-state index in [2.05, 4.69) is 20.3 Å². The maximum Gasteiger partial charge on any atom is 0.181 e. The highest BCUT2D eigenvalue weighted by atomic mass is 35.5. The molecule has 3 rings (SSSR count). The van der Waals surface area contributed by atoms with Gasteiger partial charge in [-0.1, -0.05) is 23.7 Å². The number of aromatic nitrogens is 3. The highest BCUT2D eigenvalue weighted by Gasteiger charge is 2.07. The van der Waals surface area contributed by atoms with Gasteiger partial charge in [-0.2, -0.15) is 0 Å². The lowest BCUT2D eigenvalue weighted by Crippen LogP contribution is -1.98. The van der Waals surface area contributed by atoms with E-state index in [4.69, 9.17) is 16.3 Å². The first-order valence-electron chi connectivity index (χ1n) is 6.61. The van der Waals surface area contributed by atoms with Crippen LogP contribution in [0, 0.1) is 0 Å². The molecule has 0 radical (unpaired) electrons. The number of benzene rings is 1. The molecule has 0 bridgehead atoms. The minimum Gasteiger partial charge on any atom is -0.497 e. The summed E-state index contributed by atoms with van der Waals surface area (Å²) in [7, 11) is 1.62. The van der Waals surface area contributed by atoms with E-state index in [1.165, 1.54) is 0 Å². The molecule has 110 valence electrons. The Morgan fingerprint density at radius 2 is 1.95 bits per heavy atom. The largest absolute Gasteiger partial charge is 0.497 e. The van der Waals surface area contributed by atoms with Gasteiger partial charge in [-0.25, -0.2) is 9.97 Å². The molecular weight excluding hydrogens is 300 g/mol. The predicted molar refractivity (Wildman–Crippen MR) is 86.5 cm³/mol. The predicted octanol–water partition coefficient (Wildman–Crippen LogP) is 3.94. The number of pyridine rings is 1. The lowest BCUT2D eigenvalue weighted by atomic mass is 10.3.